The average Bonchev–Trinajstić information content (AvgIpc) is 3.26. The summed E-state index contributed by atoms with van der Waals surface area (Å²) in [7, 11) is -4.07. The summed E-state index contributed by atoms with van der Waals surface area (Å²) in [5, 5.41) is 11.9. The van der Waals surface area contributed by atoms with Gasteiger partial charge in [0.15, 0.2) is 15.0 Å². The van der Waals surface area contributed by atoms with Gasteiger partial charge in [0, 0.05) is 12.8 Å². The molecule has 0 aliphatic carbocycles. The van der Waals surface area contributed by atoms with Gasteiger partial charge in [0.05, 0.1) is 27.1 Å². The molecular weight excluding hydrogens is 441 g/mol. The molecule has 1 atom stereocenters. The van der Waals surface area contributed by atoms with E-state index in [4.69, 9.17) is 5.26 Å². The highest BCUT2D eigenvalue weighted by Gasteiger charge is 2.36. The molecule has 12 heteroatoms. The Bertz CT molecular complexity index is 1140. The number of alkyl halides is 3. The summed E-state index contributed by atoms with van der Waals surface area (Å²) in [5.74, 6) is 0. The predicted molar refractivity (Wildman–Crippen MR) is 105 cm³/mol. The number of aryl methyl sites for hydroxylation is 1. The van der Waals surface area contributed by atoms with Gasteiger partial charge in [-0.3, -0.25) is 5.32 Å². The molecule has 7 nitrogen and oxygen atoms in total. The van der Waals surface area contributed by atoms with Gasteiger partial charge in [0.25, 0.3) is 0 Å². The van der Waals surface area contributed by atoms with E-state index in [2.05, 4.69) is 16.4 Å². The lowest BCUT2D eigenvalue weighted by Crippen LogP contribution is -2.37. The number of benzene rings is 1. The van der Waals surface area contributed by atoms with Crippen LogP contribution in [0.15, 0.2) is 23.1 Å². The Labute approximate surface area is 175 Å². The molecule has 0 spiro atoms. The van der Waals surface area contributed by atoms with Gasteiger partial charge in [-0.15, -0.1) is 0 Å². The van der Waals surface area contributed by atoms with E-state index in [0.717, 1.165) is 29.7 Å². The number of carbonyl (C=O) groups excluding carboxylic acids is 1. The zero-order chi connectivity index (χ0) is 22.3. The summed E-state index contributed by atoms with van der Waals surface area (Å²) in [5.41, 5.74) is -0.732. The number of hydrogen-bond donors (Lipinski definition) is 1. The molecule has 1 aliphatic rings. The maximum absolute atomic E-state index is 13.4. The smallest absolute Gasteiger partial charge is 0.308 e. The number of aromatic nitrogens is 1. The maximum Gasteiger partial charge on any atom is 0.417 e. The molecule has 30 heavy (non-hydrogen) atoms. The number of thiazole rings is 1. The van der Waals surface area contributed by atoms with E-state index in [1.807, 2.05) is 0 Å². The Balaban J connectivity index is 1.94. The van der Waals surface area contributed by atoms with Crippen LogP contribution in [0, 0.1) is 18.3 Å². The summed E-state index contributed by atoms with van der Waals surface area (Å²) in [6.07, 6.45) is -2.85. The highest BCUT2D eigenvalue weighted by atomic mass is 32.2. The largest absolute Gasteiger partial charge is 0.417 e. The number of hydrogen-bond acceptors (Lipinski definition) is 6. The number of amides is 2. The zero-order valence-electron chi connectivity index (χ0n) is 15.9. The average molecular weight is 458 g/mol. The van der Waals surface area contributed by atoms with Gasteiger partial charge in [0.2, 0.25) is 0 Å². The Kier molecular flexibility index (Phi) is 5.79. The van der Waals surface area contributed by atoms with Crippen LogP contribution >= 0.6 is 11.3 Å². The minimum absolute atomic E-state index is 0.140. The van der Waals surface area contributed by atoms with Crippen LogP contribution in [0.25, 0.3) is 10.4 Å². The minimum atomic E-state index is -4.86. The first-order valence-corrected chi connectivity index (χ1v) is 11.5. The quantitative estimate of drug-likeness (QED) is 0.747. The van der Waals surface area contributed by atoms with Gasteiger partial charge in [-0.25, -0.2) is 18.2 Å². The van der Waals surface area contributed by atoms with E-state index in [-0.39, 0.29) is 10.7 Å². The summed E-state index contributed by atoms with van der Waals surface area (Å²) in [4.78, 5) is 17.5. The maximum atomic E-state index is 13.4. The molecule has 1 saturated heterocycles. The molecular formula is C18H17F3N4O3S2. The van der Waals surface area contributed by atoms with Crippen molar-refractivity contribution in [2.24, 2.45) is 0 Å². The number of rotatable bonds is 3. The van der Waals surface area contributed by atoms with Crippen LogP contribution in [-0.4, -0.2) is 43.2 Å². The first-order chi connectivity index (χ1) is 13.9. The molecule has 2 amide bonds. The molecule has 1 unspecified atom stereocenters. The highest BCUT2D eigenvalue weighted by molar-refractivity contribution is 7.90. The van der Waals surface area contributed by atoms with Crippen LogP contribution in [0.3, 0.4) is 0 Å². The van der Waals surface area contributed by atoms with Crippen molar-refractivity contribution in [2.75, 3.05) is 18.1 Å². The van der Waals surface area contributed by atoms with E-state index < -0.39 is 38.5 Å². The minimum Gasteiger partial charge on any atom is -0.308 e. The fraction of sp³-hybridized carbons (Fsp3) is 0.389. The molecule has 1 N–H and O–H groups in total. The summed E-state index contributed by atoms with van der Waals surface area (Å²) < 4.78 is 63.8. The number of halogens is 3. The third kappa shape index (κ3) is 4.41. The number of anilines is 1. The SMILES string of the molecule is Cc1nc(NC(=O)N2CCCC2C#N)sc1-c1ccc(S(C)(=O)=O)c(C(F)(F)F)c1. The molecule has 0 radical (unpaired) electrons. The third-order valence-electron chi connectivity index (χ3n) is 4.62. The fourth-order valence-electron chi connectivity index (χ4n) is 3.24. The van der Waals surface area contributed by atoms with E-state index in [9.17, 15) is 26.4 Å². The number of nitrogens with one attached hydrogen (secondary N) is 1. The molecule has 0 bridgehead atoms. The lowest BCUT2D eigenvalue weighted by Gasteiger charge is -2.18. The van der Waals surface area contributed by atoms with Crippen molar-refractivity contribution < 1.29 is 26.4 Å². The van der Waals surface area contributed by atoms with Crippen molar-refractivity contribution in [3.63, 3.8) is 0 Å². The van der Waals surface area contributed by atoms with Crippen LogP contribution in [0.1, 0.15) is 24.1 Å². The lowest BCUT2D eigenvalue weighted by atomic mass is 10.1. The summed E-state index contributed by atoms with van der Waals surface area (Å²) in [6.45, 7) is 2.01. The normalized spacial score (nSPS) is 17.1. The molecule has 0 saturated carbocycles. The second-order valence-electron chi connectivity index (χ2n) is 6.83. The highest BCUT2D eigenvalue weighted by Crippen LogP contribution is 2.40. The van der Waals surface area contributed by atoms with Crippen LogP contribution in [0.5, 0.6) is 0 Å². The third-order valence-corrected chi connectivity index (χ3v) is 6.90. The Morgan fingerprint density at radius 1 is 1.40 bits per heavy atom. The summed E-state index contributed by atoms with van der Waals surface area (Å²) >= 11 is 0.972. The van der Waals surface area contributed by atoms with Crippen LogP contribution in [0.2, 0.25) is 0 Å². The van der Waals surface area contributed by atoms with Gasteiger partial charge in [-0.2, -0.15) is 18.4 Å². The molecule has 1 aliphatic heterocycles. The first kappa shape index (κ1) is 22.0. The Morgan fingerprint density at radius 3 is 2.70 bits per heavy atom. The molecule has 1 aromatic heterocycles. The van der Waals surface area contributed by atoms with E-state index in [1.54, 1.807) is 6.92 Å². The topological polar surface area (TPSA) is 103 Å². The van der Waals surface area contributed by atoms with E-state index >= 15 is 0 Å². The molecule has 1 aromatic carbocycles. The number of nitrogens with zero attached hydrogens (tertiary/aromatic N) is 3. The molecule has 160 valence electrons. The van der Waals surface area contributed by atoms with Crippen LogP contribution < -0.4 is 5.32 Å². The van der Waals surface area contributed by atoms with Crippen molar-refractivity contribution in [2.45, 2.75) is 36.9 Å². The second kappa shape index (κ2) is 7.88. The monoisotopic (exact) mass is 458 g/mol. The molecule has 1 fully saturated rings. The Morgan fingerprint density at radius 2 is 2.10 bits per heavy atom. The number of carbonyl (C=O) groups is 1. The van der Waals surface area contributed by atoms with Crippen molar-refractivity contribution in [3.8, 4) is 16.5 Å². The Hall–Kier alpha value is -2.65. The fourth-order valence-corrected chi connectivity index (χ4v) is 5.08. The van der Waals surface area contributed by atoms with E-state index in [1.165, 1.54) is 11.0 Å². The second-order valence-corrected chi connectivity index (χ2v) is 9.81. The molecule has 3 rings (SSSR count). The van der Waals surface area contributed by atoms with Crippen molar-refractivity contribution in [1.82, 2.24) is 9.88 Å². The number of urea groups is 1. The van der Waals surface area contributed by atoms with Crippen LogP contribution in [0.4, 0.5) is 23.1 Å². The van der Waals surface area contributed by atoms with Gasteiger partial charge in [0.1, 0.15) is 6.04 Å². The number of nitriles is 1. The van der Waals surface area contributed by atoms with E-state index in [0.29, 0.717) is 30.0 Å². The zero-order valence-corrected chi connectivity index (χ0v) is 17.6. The number of likely N-dealkylation sites (tertiary alicyclic amines) is 1. The van der Waals surface area contributed by atoms with Crippen molar-refractivity contribution in [3.05, 3.63) is 29.5 Å². The standard InChI is InChI=1S/C18H17F3N4O3S2/c1-10-15(11-5-6-14(30(2,27)28)13(8-11)18(19,20)21)29-16(23-10)24-17(26)25-7-3-4-12(25)9-22/h5-6,8,12H,3-4,7H2,1-2H3,(H,23,24,26). The number of sulfone groups is 1. The van der Waals surface area contributed by atoms with Gasteiger partial charge in [-0.05, 0) is 37.5 Å². The van der Waals surface area contributed by atoms with Gasteiger partial charge in [-0.1, -0.05) is 17.4 Å². The molecule has 2 heterocycles. The van der Waals surface area contributed by atoms with Crippen LogP contribution in [-0.2, 0) is 16.0 Å². The van der Waals surface area contributed by atoms with Crippen molar-refractivity contribution >= 4 is 32.3 Å². The predicted octanol–water partition coefficient (Wildman–Crippen LogP) is 4.06. The molecule has 2 aromatic rings. The van der Waals surface area contributed by atoms with Gasteiger partial charge < -0.3 is 4.90 Å². The first-order valence-electron chi connectivity index (χ1n) is 8.78. The lowest BCUT2D eigenvalue weighted by molar-refractivity contribution is -0.139. The van der Waals surface area contributed by atoms with Gasteiger partial charge >= 0.3 is 12.2 Å². The van der Waals surface area contributed by atoms with Crippen molar-refractivity contribution in [1.29, 1.82) is 5.26 Å². The summed E-state index contributed by atoms with van der Waals surface area (Å²) in [6, 6.07) is 4.01.